The minimum Gasteiger partial charge on any atom is -0.377 e. The molecule has 110 valence electrons. The lowest BCUT2D eigenvalue weighted by Gasteiger charge is -2.36. The second-order valence-corrected chi connectivity index (χ2v) is 5.18. The number of ether oxygens (including phenoxy) is 1. The van der Waals surface area contributed by atoms with Gasteiger partial charge < -0.3 is 20.7 Å². The van der Waals surface area contributed by atoms with Gasteiger partial charge in [-0.05, 0) is 12.3 Å². The predicted octanol–water partition coefficient (Wildman–Crippen LogP) is -0.277. The fraction of sp³-hybridized carbons (Fsp3) is 0.846. The summed E-state index contributed by atoms with van der Waals surface area (Å²) in [6.07, 6.45) is 0.860. The highest BCUT2D eigenvalue weighted by molar-refractivity contribution is 5.90. The van der Waals surface area contributed by atoms with Crippen molar-refractivity contribution in [2.45, 2.75) is 39.3 Å². The number of nitrogens with zero attached hydrogens (tertiary/aromatic N) is 1. The Hall–Kier alpha value is -1.14. The maximum Gasteiger partial charge on any atom is 0.245 e. The van der Waals surface area contributed by atoms with Crippen LogP contribution < -0.4 is 11.1 Å². The van der Waals surface area contributed by atoms with Gasteiger partial charge in [0.1, 0.15) is 6.04 Å². The molecule has 0 spiro atoms. The molecule has 19 heavy (non-hydrogen) atoms. The van der Waals surface area contributed by atoms with Gasteiger partial charge in [-0.3, -0.25) is 9.59 Å². The van der Waals surface area contributed by atoms with Crippen molar-refractivity contribution in [2.75, 3.05) is 26.3 Å². The summed E-state index contributed by atoms with van der Waals surface area (Å²) in [7, 11) is 0. The number of nitrogens with one attached hydrogen (secondary N) is 1. The Morgan fingerprint density at radius 2 is 2.16 bits per heavy atom. The van der Waals surface area contributed by atoms with E-state index in [-0.39, 0.29) is 24.3 Å². The number of hydrogen-bond acceptors (Lipinski definition) is 4. The molecule has 0 aromatic carbocycles. The van der Waals surface area contributed by atoms with Crippen molar-refractivity contribution in [1.29, 1.82) is 0 Å². The largest absolute Gasteiger partial charge is 0.377 e. The molecule has 1 heterocycles. The summed E-state index contributed by atoms with van der Waals surface area (Å²) < 4.78 is 5.31. The number of carbonyl (C=O) groups is 2. The molecule has 3 N–H and O–H groups in total. The number of carbonyl (C=O) groups excluding carboxylic acids is 2. The summed E-state index contributed by atoms with van der Waals surface area (Å²) in [4.78, 5) is 25.9. The van der Waals surface area contributed by atoms with Gasteiger partial charge in [-0.2, -0.15) is 0 Å². The fourth-order valence-corrected chi connectivity index (χ4v) is 1.93. The molecule has 0 radical (unpaired) electrons. The minimum absolute atomic E-state index is 0.0506. The summed E-state index contributed by atoms with van der Waals surface area (Å²) in [5, 5.41) is 2.80. The molecule has 6 heteroatoms. The minimum atomic E-state index is -0.570. The van der Waals surface area contributed by atoms with Crippen LogP contribution in [0, 0.1) is 5.92 Å². The van der Waals surface area contributed by atoms with Gasteiger partial charge in [0.2, 0.25) is 11.8 Å². The monoisotopic (exact) mass is 271 g/mol. The topological polar surface area (TPSA) is 84.7 Å². The van der Waals surface area contributed by atoms with Crippen LogP contribution in [-0.4, -0.2) is 55.1 Å². The first kappa shape index (κ1) is 15.9. The Balaban J connectivity index is 2.71. The average molecular weight is 271 g/mol. The van der Waals surface area contributed by atoms with Gasteiger partial charge in [-0.15, -0.1) is 0 Å². The number of hydrogen-bond donors (Lipinski definition) is 2. The van der Waals surface area contributed by atoms with Crippen LogP contribution in [0.5, 0.6) is 0 Å². The van der Waals surface area contributed by atoms with Crippen molar-refractivity contribution in [3.8, 4) is 0 Å². The van der Waals surface area contributed by atoms with Gasteiger partial charge in [0.05, 0.1) is 19.3 Å². The molecule has 6 nitrogen and oxygen atoms in total. The zero-order valence-electron chi connectivity index (χ0n) is 12.0. The van der Waals surface area contributed by atoms with Gasteiger partial charge >= 0.3 is 0 Å². The molecule has 1 fully saturated rings. The lowest BCUT2D eigenvalue weighted by molar-refractivity contribution is -0.150. The Morgan fingerprint density at radius 3 is 2.74 bits per heavy atom. The average Bonchev–Trinajstić information content (AvgIpc) is 2.42. The Labute approximate surface area is 114 Å². The van der Waals surface area contributed by atoms with Crippen LogP contribution in [0.25, 0.3) is 0 Å². The summed E-state index contributed by atoms with van der Waals surface area (Å²) >= 11 is 0. The van der Waals surface area contributed by atoms with Crippen LogP contribution in [-0.2, 0) is 14.3 Å². The van der Waals surface area contributed by atoms with E-state index in [1.165, 1.54) is 0 Å². The maximum absolute atomic E-state index is 12.3. The lowest BCUT2D eigenvalue weighted by atomic mass is 10.0. The third kappa shape index (κ3) is 4.18. The van der Waals surface area contributed by atoms with Crippen LogP contribution in [0.4, 0.5) is 0 Å². The molecular weight excluding hydrogens is 246 g/mol. The third-order valence-electron chi connectivity index (χ3n) is 3.27. The van der Waals surface area contributed by atoms with Crippen LogP contribution in [0.1, 0.15) is 27.2 Å². The van der Waals surface area contributed by atoms with Crippen molar-refractivity contribution in [2.24, 2.45) is 11.7 Å². The Bertz CT molecular complexity index is 320. The zero-order chi connectivity index (χ0) is 14.4. The molecule has 1 aliphatic heterocycles. The van der Waals surface area contributed by atoms with Crippen molar-refractivity contribution in [1.82, 2.24) is 10.2 Å². The fourth-order valence-electron chi connectivity index (χ4n) is 1.93. The van der Waals surface area contributed by atoms with E-state index in [0.717, 1.165) is 6.42 Å². The maximum atomic E-state index is 12.3. The van der Waals surface area contributed by atoms with Crippen LogP contribution >= 0.6 is 0 Å². The van der Waals surface area contributed by atoms with Gasteiger partial charge in [-0.1, -0.05) is 20.8 Å². The summed E-state index contributed by atoms with van der Waals surface area (Å²) in [5.41, 5.74) is 5.89. The van der Waals surface area contributed by atoms with Crippen molar-refractivity contribution in [3.05, 3.63) is 0 Å². The first-order valence-electron chi connectivity index (χ1n) is 6.90. The molecule has 1 unspecified atom stereocenters. The van der Waals surface area contributed by atoms with E-state index in [9.17, 15) is 9.59 Å². The molecule has 0 aromatic rings. The normalized spacial score (nSPS) is 21.3. The van der Waals surface area contributed by atoms with Crippen molar-refractivity contribution in [3.63, 3.8) is 0 Å². The number of rotatable bonds is 5. The van der Waals surface area contributed by atoms with Gasteiger partial charge in [0.15, 0.2) is 0 Å². The first-order chi connectivity index (χ1) is 8.99. The van der Waals surface area contributed by atoms with E-state index in [1.54, 1.807) is 4.90 Å². The highest BCUT2D eigenvalue weighted by Gasteiger charge is 2.35. The van der Waals surface area contributed by atoms with Crippen molar-refractivity contribution < 1.29 is 14.3 Å². The molecular formula is C13H25N3O3. The standard InChI is InChI=1S/C13H25N3O3/c1-4-5-15-12(17)10-8-19-7-6-16(10)13(18)11(14)9(2)3/h9-11H,4-8,14H2,1-3H3,(H,15,17)/t10?,11-/m0/s1. The molecule has 0 aromatic heterocycles. The molecule has 0 bridgehead atoms. The van der Waals surface area contributed by atoms with Crippen molar-refractivity contribution >= 4 is 11.8 Å². The molecule has 1 saturated heterocycles. The molecule has 0 saturated carbocycles. The van der Waals surface area contributed by atoms with E-state index >= 15 is 0 Å². The number of nitrogens with two attached hydrogens (primary N) is 1. The summed E-state index contributed by atoms with van der Waals surface area (Å²) in [5.74, 6) is -0.282. The molecule has 1 aliphatic rings. The van der Waals surface area contributed by atoms with E-state index in [4.69, 9.17) is 10.5 Å². The third-order valence-corrected chi connectivity index (χ3v) is 3.27. The molecule has 2 atom stereocenters. The molecule has 0 aliphatic carbocycles. The zero-order valence-corrected chi connectivity index (χ0v) is 12.0. The smallest absolute Gasteiger partial charge is 0.245 e. The van der Waals surface area contributed by atoms with E-state index in [2.05, 4.69) is 5.32 Å². The van der Waals surface area contributed by atoms with E-state index < -0.39 is 12.1 Å². The van der Waals surface area contributed by atoms with Crippen LogP contribution in [0.3, 0.4) is 0 Å². The second-order valence-electron chi connectivity index (χ2n) is 5.18. The van der Waals surface area contributed by atoms with Crippen LogP contribution in [0.15, 0.2) is 0 Å². The second kappa shape index (κ2) is 7.45. The summed E-state index contributed by atoms with van der Waals surface area (Å²) in [6.45, 7) is 7.50. The van der Waals surface area contributed by atoms with Gasteiger partial charge in [0.25, 0.3) is 0 Å². The first-order valence-corrected chi connectivity index (χ1v) is 6.90. The molecule has 2 amide bonds. The quantitative estimate of drug-likeness (QED) is 0.720. The summed E-state index contributed by atoms with van der Waals surface area (Å²) in [6, 6.07) is -1.13. The van der Waals surface area contributed by atoms with Gasteiger partial charge in [-0.25, -0.2) is 0 Å². The highest BCUT2D eigenvalue weighted by atomic mass is 16.5. The van der Waals surface area contributed by atoms with E-state index in [1.807, 2.05) is 20.8 Å². The van der Waals surface area contributed by atoms with E-state index in [0.29, 0.717) is 19.7 Å². The molecule has 1 rings (SSSR count). The van der Waals surface area contributed by atoms with Crippen LogP contribution in [0.2, 0.25) is 0 Å². The SMILES string of the molecule is CCCNC(=O)C1COCCN1C(=O)[C@@H](N)C(C)C. The predicted molar refractivity (Wildman–Crippen MR) is 72.4 cm³/mol. The number of amides is 2. The van der Waals surface area contributed by atoms with Gasteiger partial charge in [0, 0.05) is 13.1 Å². The highest BCUT2D eigenvalue weighted by Crippen LogP contribution is 2.12. The Kier molecular flexibility index (Phi) is 6.24. The lowest BCUT2D eigenvalue weighted by Crippen LogP contribution is -2.60. The number of morpholine rings is 1. The Morgan fingerprint density at radius 1 is 1.47 bits per heavy atom.